The van der Waals surface area contributed by atoms with Gasteiger partial charge >= 0.3 is 5.97 Å². The Labute approximate surface area is 88.7 Å². The first-order valence-corrected chi connectivity index (χ1v) is 4.82. The van der Waals surface area contributed by atoms with Gasteiger partial charge in [0.15, 0.2) is 0 Å². The van der Waals surface area contributed by atoms with Crippen molar-refractivity contribution in [1.29, 1.82) is 0 Å². The summed E-state index contributed by atoms with van der Waals surface area (Å²) in [7, 11) is 0. The number of carbonyl (C=O) groups is 1. The molecule has 0 aliphatic rings. The number of ether oxygens (including phenoxy) is 1. The van der Waals surface area contributed by atoms with Crippen molar-refractivity contribution in [3.63, 3.8) is 0 Å². The van der Waals surface area contributed by atoms with Gasteiger partial charge in [0, 0.05) is 0 Å². The van der Waals surface area contributed by atoms with Crippen LogP contribution >= 0.6 is 0 Å². The Kier molecular flexibility index (Phi) is 4.27. The molecular weight excluding hydrogens is 194 g/mol. The number of rotatable bonds is 4. The lowest BCUT2D eigenvalue weighted by atomic mass is 10.1. The summed E-state index contributed by atoms with van der Waals surface area (Å²) in [5.41, 5.74) is 6.82. The lowest BCUT2D eigenvalue weighted by molar-refractivity contribution is 0.0526. The van der Waals surface area contributed by atoms with Gasteiger partial charge in [-0.05, 0) is 24.6 Å². The van der Waals surface area contributed by atoms with E-state index in [1.54, 1.807) is 31.2 Å². The van der Waals surface area contributed by atoms with Gasteiger partial charge in [-0.2, -0.15) is 0 Å². The van der Waals surface area contributed by atoms with Gasteiger partial charge < -0.3 is 15.6 Å². The fourth-order valence-corrected chi connectivity index (χ4v) is 1.22. The molecule has 3 N–H and O–H groups in total. The molecule has 1 atom stereocenters. The van der Waals surface area contributed by atoms with Crippen LogP contribution in [-0.2, 0) is 4.74 Å². The van der Waals surface area contributed by atoms with Crippen molar-refractivity contribution < 1.29 is 14.6 Å². The summed E-state index contributed by atoms with van der Waals surface area (Å²) in [5.74, 6) is -0.371. The molecule has 82 valence electrons. The van der Waals surface area contributed by atoms with Crippen molar-refractivity contribution in [2.24, 2.45) is 5.73 Å². The van der Waals surface area contributed by atoms with Crippen LogP contribution in [0.3, 0.4) is 0 Å². The molecular formula is C11H15NO3. The van der Waals surface area contributed by atoms with E-state index in [1.165, 1.54) is 0 Å². The highest BCUT2D eigenvalue weighted by Crippen LogP contribution is 2.12. The molecule has 0 saturated heterocycles. The van der Waals surface area contributed by atoms with Crippen molar-refractivity contribution >= 4 is 5.97 Å². The summed E-state index contributed by atoms with van der Waals surface area (Å²) >= 11 is 0. The Morgan fingerprint density at radius 1 is 1.60 bits per heavy atom. The fourth-order valence-electron chi connectivity index (χ4n) is 1.22. The lowest BCUT2D eigenvalue weighted by Crippen LogP contribution is -2.15. The fraction of sp³-hybridized carbons (Fsp3) is 0.364. The number of aliphatic hydroxyl groups is 1. The zero-order valence-corrected chi connectivity index (χ0v) is 8.64. The van der Waals surface area contributed by atoms with E-state index in [0.29, 0.717) is 12.2 Å². The molecule has 0 amide bonds. The second kappa shape index (κ2) is 5.48. The molecule has 0 aliphatic carbocycles. The van der Waals surface area contributed by atoms with Crippen molar-refractivity contribution in [2.45, 2.75) is 13.0 Å². The highest BCUT2D eigenvalue weighted by molar-refractivity contribution is 5.89. The number of aliphatic hydroxyl groups excluding tert-OH is 1. The van der Waals surface area contributed by atoms with Gasteiger partial charge in [0.1, 0.15) is 0 Å². The summed E-state index contributed by atoms with van der Waals surface area (Å²) < 4.78 is 4.85. The number of carbonyl (C=O) groups excluding carboxylic acids is 1. The Morgan fingerprint density at radius 2 is 2.33 bits per heavy atom. The largest absolute Gasteiger partial charge is 0.462 e. The molecule has 4 nitrogen and oxygen atoms in total. The predicted molar refractivity (Wildman–Crippen MR) is 56.4 cm³/mol. The summed E-state index contributed by atoms with van der Waals surface area (Å²) in [6.07, 6.45) is 0. The topological polar surface area (TPSA) is 72.5 Å². The molecule has 4 heteroatoms. The zero-order chi connectivity index (χ0) is 11.3. The highest BCUT2D eigenvalue weighted by Gasteiger charge is 2.09. The van der Waals surface area contributed by atoms with Crippen LogP contribution in [0.15, 0.2) is 24.3 Å². The predicted octanol–water partition coefficient (Wildman–Crippen LogP) is 0.855. The summed E-state index contributed by atoms with van der Waals surface area (Å²) in [6.45, 7) is 1.95. The van der Waals surface area contributed by atoms with Crippen LogP contribution in [0.1, 0.15) is 28.9 Å². The van der Waals surface area contributed by atoms with Gasteiger partial charge in [-0.15, -0.1) is 0 Å². The van der Waals surface area contributed by atoms with Gasteiger partial charge in [0.05, 0.1) is 24.8 Å². The Hall–Kier alpha value is -1.39. The molecule has 1 aromatic rings. The maximum atomic E-state index is 11.4. The van der Waals surface area contributed by atoms with Crippen LogP contribution in [0.2, 0.25) is 0 Å². The standard InChI is InChI=1S/C11H15NO3/c1-2-15-11(14)9-5-3-4-8(6-9)10(12)7-13/h3-6,10,13H,2,7,12H2,1H3/t10-/m1/s1. The summed E-state index contributed by atoms with van der Waals surface area (Å²) in [6, 6.07) is 6.32. The molecule has 0 saturated carbocycles. The number of hydrogen-bond donors (Lipinski definition) is 2. The van der Waals surface area contributed by atoms with Crippen molar-refractivity contribution in [3.05, 3.63) is 35.4 Å². The Bertz CT molecular complexity index is 338. The smallest absolute Gasteiger partial charge is 0.338 e. The van der Waals surface area contributed by atoms with E-state index in [4.69, 9.17) is 15.6 Å². The minimum absolute atomic E-state index is 0.147. The van der Waals surface area contributed by atoms with Crippen LogP contribution in [0.25, 0.3) is 0 Å². The quantitative estimate of drug-likeness (QED) is 0.721. The van der Waals surface area contributed by atoms with Gasteiger partial charge in [-0.3, -0.25) is 0 Å². The first-order chi connectivity index (χ1) is 7.19. The third-order valence-corrected chi connectivity index (χ3v) is 2.02. The van der Waals surface area contributed by atoms with E-state index in [-0.39, 0.29) is 12.6 Å². The Balaban J connectivity index is 2.87. The van der Waals surface area contributed by atoms with E-state index in [0.717, 1.165) is 5.56 Å². The monoisotopic (exact) mass is 209 g/mol. The number of nitrogens with two attached hydrogens (primary N) is 1. The van der Waals surface area contributed by atoms with Gasteiger partial charge in [-0.1, -0.05) is 12.1 Å². The van der Waals surface area contributed by atoms with E-state index < -0.39 is 6.04 Å². The second-order valence-electron chi connectivity index (χ2n) is 3.14. The van der Waals surface area contributed by atoms with Crippen molar-refractivity contribution in [2.75, 3.05) is 13.2 Å². The molecule has 0 spiro atoms. The molecule has 0 aliphatic heterocycles. The summed E-state index contributed by atoms with van der Waals surface area (Å²) in [4.78, 5) is 11.4. The van der Waals surface area contributed by atoms with Gasteiger partial charge in [-0.25, -0.2) is 4.79 Å². The van der Waals surface area contributed by atoms with Crippen LogP contribution in [0.5, 0.6) is 0 Å². The molecule has 1 aromatic carbocycles. The first kappa shape index (κ1) is 11.7. The number of benzene rings is 1. The minimum atomic E-state index is -0.459. The van der Waals surface area contributed by atoms with E-state index in [1.807, 2.05) is 0 Å². The first-order valence-electron chi connectivity index (χ1n) is 4.82. The maximum absolute atomic E-state index is 11.4. The normalized spacial score (nSPS) is 12.2. The third-order valence-electron chi connectivity index (χ3n) is 2.02. The second-order valence-corrected chi connectivity index (χ2v) is 3.14. The van der Waals surface area contributed by atoms with Crippen LogP contribution in [-0.4, -0.2) is 24.3 Å². The molecule has 0 unspecified atom stereocenters. The maximum Gasteiger partial charge on any atom is 0.338 e. The van der Waals surface area contributed by atoms with E-state index >= 15 is 0 Å². The molecule has 0 fully saturated rings. The van der Waals surface area contributed by atoms with E-state index in [9.17, 15) is 4.79 Å². The molecule has 0 heterocycles. The zero-order valence-electron chi connectivity index (χ0n) is 8.64. The SMILES string of the molecule is CCOC(=O)c1cccc([C@H](N)CO)c1. The number of hydrogen-bond acceptors (Lipinski definition) is 4. The molecule has 0 aromatic heterocycles. The van der Waals surface area contributed by atoms with Gasteiger partial charge in [0.25, 0.3) is 0 Å². The average molecular weight is 209 g/mol. The molecule has 15 heavy (non-hydrogen) atoms. The van der Waals surface area contributed by atoms with Crippen LogP contribution in [0.4, 0.5) is 0 Å². The van der Waals surface area contributed by atoms with Crippen molar-refractivity contribution in [3.8, 4) is 0 Å². The summed E-state index contributed by atoms with van der Waals surface area (Å²) in [5, 5.41) is 8.88. The highest BCUT2D eigenvalue weighted by atomic mass is 16.5. The average Bonchev–Trinajstić information content (AvgIpc) is 2.28. The van der Waals surface area contributed by atoms with E-state index in [2.05, 4.69) is 0 Å². The third kappa shape index (κ3) is 3.04. The van der Waals surface area contributed by atoms with Crippen molar-refractivity contribution in [1.82, 2.24) is 0 Å². The van der Waals surface area contributed by atoms with Crippen LogP contribution < -0.4 is 5.73 Å². The molecule has 0 radical (unpaired) electrons. The number of esters is 1. The minimum Gasteiger partial charge on any atom is -0.462 e. The molecule has 1 rings (SSSR count). The molecule has 0 bridgehead atoms. The van der Waals surface area contributed by atoms with Gasteiger partial charge in [0.2, 0.25) is 0 Å². The van der Waals surface area contributed by atoms with Crippen LogP contribution in [0, 0.1) is 0 Å². The Morgan fingerprint density at radius 3 is 2.93 bits per heavy atom. The lowest BCUT2D eigenvalue weighted by Gasteiger charge is -2.09.